The number of aryl methyl sites for hydroxylation is 2. The lowest BCUT2D eigenvalue weighted by Crippen LogP contribution is -2.37. The van der Waals surface area contributed by atoms with Gasteiger partial charge in [0.1, 0.15) is 0 Å². The number of amides is 1. The Morgan fingerprint density at radius 2 is 1.62 bits per heavy atom. The van der Waals surface area contributed by atoms with Crippen LogP contribution in [0.25, 0.3) is 22.2 Å². The van der Waals surface area contributed by atoms with Crippen LogP contribution >= 0.6 is 0 Å². The van der Waals surface area contributed by atoms with Gasteiger partial charge in [-0.2, -0.15) is 13.2 Å². The highest BCUT2D eigenvalue weighted by Crippen LogP contribution is 2.35. The van der Waals surface area contributed by atoms with Crippen molar-refractivity contribution in [3.63, 3.8) is 0 Å². The van der Waals surface area contributed by atoms with Gasteiger partial charge in [0.15, 0.2) is 11.1 Å². The van der Waals surface area contributed by atoms with Crippen molar-refractivity contribution >= 4 is 40.1 Å². The van der Waals surface area contributed by atoms with Gasteiger partial charge in [-0.15, -0.1) is 0 Å². The summed E-state index contributed by atoms with van der Waals surface area (Å²) >= 11 is 0. The number of benzene rings is 4. The summed E-state index contributed by atoms with van der Waals surface area (Å²) < 4.78 is 48.5. The number of hydrogen-bond donors (Lipinski definition) is 2. The molecular weight excluding hydrogens is 551 g/mol. The molecule has 0 spiro atoms. The van der Waals surface area contributed by atoms with Gasteiger partial charge >= 0.3 is 29.5 Å². The van der Waals surface area contributed by atoms with Crippen molar-refractivity contribution in [2.75, 3.05) is 5.32 Å². The molecule has 11 heteroatoms. The number of carbonyl (C=O) groups excluding carboxylic acids is 1. The van der Waals surface area contributed by atoms with Gasteiger partial charge in [-0.05, 0) is 71.6 Å². The highest BCUT2D eigenvalue weighted by Gasteiger charge is 2.41. The average Bonchev–Trinajstić information content (AvgIpc) is 3.43. The molecule has 0 saturated carbocycles. The van der Waals surface area contributed by atoms with E-state index < -0.39 is 29.4 Å². The normalized spacial score (nSPS) is 14.2. The van der Waals surface area contributed by atoms with E-state index in [0.717, 1.165) is 27.9 Å². The SMILES string of the molecule is Cc1cc(C)cc([N+](=C2C(=O)Nc3cc(C(F)(F)F)ccc32)n2c(=O)oc3c(-c4cccc(C(=O)O)c4)cccc32)c1. The molecule has 6 rings (SSSR count). The van der Waals surface area contributed by atoms with Crippen molar-refractivity contribution in [1.82, 2.24) is 9.36 Å². The summed E-state index contributed by atoms with van der Waals surface area (Å²) in [5.41, 5.74) is 2.46. The lowest BCUT2D eigenvalue weighted by atomic mass is 10.0. The Morgan fingerprint density at radius 3 is 2.31 bits per heavy atom. The van der Waals surface area contributed by atoms with Crippen LogP contribution in [0.4, 0.5) is 24.5 Å². The number of para-hydroxylation sites is 1. The second-order valence-corrected chi connectivity index (χ2v) is 9.94. The zero-order valence-corrected chi connectivity index (χ0v) is 22.1. The van der Waals surface area contributed by atoms with Crippen molar-refractivity contribution in [3.8, 4) is 11.1 Å². The summed E-state index contributed by atoms with van der Waals surface area (Å²) in [5.74, 6) is -2.71. The van der Waals surface area contributed by atoms with Crippen LogP contribution in [0.5, 0.6) is 0 Å². The molecule has 0 atom stereocenters. The molecule has 0 aliphatic carbocycles. The third kappa shape index (κ3) is 4.44. The van der Waals surface area contributed by atoms with E-state index >= 15 is 0 Å². The quantitative estimate of drug-likeness (QED) is 0.257. The lowest BCUT2D eigenvalue weighted by Gasteiger charge is -2.09. The molecule has 0 radical (unpaired) electrons. The van der Waals surface area contributed by atoms with Crippen LogP contribution in [0.3, 0.4) is 0 Å². The van der Waals surface area contributed by atoms with Crippen LogP contribution in [-0.4, -0.2) is 27.4 Å². The molecule has 4 aromatic carbocycles. The van der Waals surface area contributed by atoms with Crippen molar-refractivity contribution < 1.29 is 32.3 Å². The van der Waals surface area contributed by atoms with Gasteiger partial charge in [-0.3, -0.25) is 4.79 Å². The Bertz CT molecular complexity index is 2030. The number of nitrogens with one attached hydrogen (secondary N) is 1. The number of rotatable bonds is 4. The van der Waals surface area contributed by atoms with Gasteiger partial charge in [0.2, 0.25) is 5.69 Å². The molecule has 0 fully saturated rings. The topological polar surface area (TPSA) is 105 Å². The molecule has 2 heterocycles. The first kappa shape index (κ1) is 26.8. The largest absolute Gasteiger partial charge is 0.478 e. The Labute approximate surface area is 235 Å². The molecule has 0 bridgehead atoms. The number of carbonyl (C=O) groups is 2. The Kier molecular flexibility index (Phi) is 6.10. The van der Waals surface area contributed by atoms with Crippen molar-refractivity contribution in [1.29, 1.82) is 0 Å². The fourth-order valence-corrected chi connectivity index (χ4v) is 5.23. The molecule has 1 aliphatic heterocycles. The monoisotopic (exact) mass is 572 g/mol. The molecule has 8 nitrogen and oxygen atoms in total. The molecule has 2 N–H and O–H groups in total. The Morgan fingerprint density at radius 1 is 0.905 bits per heavy atom. The minimum Gasteiger partial charge on any atom is -0.478 e. The summed E-state index contributed by atoms with van der Waals surface area (Å²) in [4.78, 5) is 38.6. The van der Waals surface area contributed by atoms with Crippen molar-refractivity contribution in [2.45, 2.75) is 20.0 Å². The number of anilines is 1. The van der Waals surface area contributed by atoms with Crippen LogP contribution < -0.4 is 15.8 Å². The number of halogens is 3. The Balaban J connectivity index is 1.68. The van der Waals surface area contributed by atoms with E-state index in [4.69, 9.17) is 4.42 Å². The van der Waals surface area contributed by atoms with E-state index in [-0.39, 0.29) is 33.6 Å². The van der Waals surface area contributed by atoms with E-state index in [9.17, 15) is 32.7 Å². The summed E-state index contributed by atoms with van der Waals surface area (Å²) in [6.45, 7) is 3.67. The molecule has 42 heavy (non-hydrogen) atoms. The first-order valence-corrected chi connectivity index (χ1v) is 12.7. The molecule has 5 aromatic rings. The molecule has 0 unspecified atom stereocenters. The second-order valence-electron chi connectivity index (χ2n) is 9.94. The molecular formula is C31H21F3N3O5+. The number of carboxylic acids is 1. The highest BCUT2D eigenvalue weighted by atomic mass is 19.4. The maximum atomic E-state index is 13.6. The van der Waals surface area contributed by atoms with E-state index in [0.29, 0.717) is 16.8 Å². The van der Waals surface area contributed by atoms with Crippen LogP contribution in [0.2, 0.25) is 0 Å². The fourth-order valence-electron chi connectivity index (χ4n) is 5.23. The first-order chi connectivity index (χ1) is 19.9. The van der Waals surface area contributed by atoms with Crippen LogP contribution in [-0.2, 0) is 11.0 Å². The maximum Gasteiger partial charge on any atom is 0.474 e. The standard InChI is InChI=1S/C31H20F3N3O5/c1-16-11-17(2)13-21(12-16)36(26-23-10-9-20(31(32,33)34)15-24(23)35-28(26)38)37-25-8-4-7-22(27(25)42-30(37)41)18-5-3-6-19(14-18)29(39)40/h3-15H,1-2H3,(H,39,40)/p+1. The number of oxazole rings is 1. The predicted molar refractivity (Wildman–Crippen MR) is 150 cm³/mol. The zero-order chi connectivity index (χ0) is 29.9. The molecule has 0 saturated heterocycles. The average molecular weight is 573 g/mol. The van der Waals surface area contributed by atoms with E-state index in [1.807, 2.05) is 19.9 Å². The third-order valence-corrected chi connectivity index (χ3v) is 6.93. The van der Waals surface area contributed by atoms with Gasteiger partial charge < -0.3 is 14.8 Å². The van der Waals surface area contributed by atoms with Gasteiger partial charge in [0, 0.05) is 17.7 Å². The zero-order valence-electron chi connectivity index (χ0n) is 22.1. The van der Waals surface area contributed by atoms with Crippen LogP contribution in [0.15, 0.2) is 88.1 Å². The minimum atomic E-state index is -4.62. The molecule has 210 valence electrons. The number of alkyl halides is 3. The second kappa shape index (κ2) is 9.58. The fraction of sp³-hybridized carbons (Fsp3) is 0.0968. The third-order valence-electron chi connectivity index (χ3n) is 6.93. The van der Waals surface area contributed by atoms with E-state index in [1.54, 1.807) is 42.5 Å². The maximum absolute atomic E-state index is 13.6. The van der Waals surface area contributed by atoms with Gasteiger partial charge in [0.25, 0.3) is 0 Å². The number of aromatic carboxylic acids is 1. The highest BCUT2D eigenvalue weighted by molar-refractivity contribution is 6.54. The summed E-state index contributed by atoms with van der Waals surface area (Å²) in [7, 11) is 0. The predicted octanol–water partition coefficient (Wildman–Crippen LogP) is 6.00. The number of carboxylic acid groups (broad SMARTS) is 1. The molecule has 1 amide bonds. The van der Waals surface area contributed by atoms with Crippen molar-refractivity contribution in [3.05, 3.63) is 117 Å². The van der Waals surface area contributed by atoms with Gasteiger partial charge in [-0.25, -0.2) is 9.59 Å². The van der Waals surface area contributed by atoms with Crippen LogP contribution in [0, 0.1) is 13.8 Å². The number of aromatic nitrogens is 1. The number of nitrogens with zero attached hydrogens (tertiary/aromatic N) is 2. The summed E-state index contributed by atoms with van der Waals surface area (Å²) in [5, 5.41) is 12.0. The lowest BCUT2D eigenvalue weighted by molar-refractivity contribution is -0.137. The molecule has 1 aliphatic rings. The van der Waals surface area contributed by atoms with E-state index in [1.165, 1.54) is 22.9 Å². The van der Waals surface area contributed by atoms with Crippen LogP contribution in [0.1, 0.15) is 32.6 Å². The summed E-state index contributed by atoms with van der Waals surface area (Å²) in [6, 6.07) is 19.3. The Hall–Kier alpha value is -5.45. The van der Waals surface area contributed by atoms with Gasteiger partial charge in [0.05, 0.1) is 22.4 Å². The minimum absolute atomic E-state index is 0.0381. The van der Waals surface area contributed by atoms with E-state index in [2.05, 4.69) is 5.32 Å². The van der Waals surface area contributed by atoms with Crippen molar-refractivity contribution in [2.24, 2.45) is 0 Å². The van der Waals surface area contributed by atoms with Gasteiger partial charge in [-0.1, -0.05) is 35.0 Å². The molecule has 1 aromatic heterocycles. The first-order valence-electron chi connectivity index (χ1n) is 12.7. The number of hydrogen-bond acceptors (Lipinski definition) is 4. The number of fused-ring (bicyclic) bond motifs is 2. The summed E-state index contributed by atoms with van der Waals surface area (Å²) in [6.07, 6.45) is -4.62. The smallest absolute Gasteiger partial charge is 0.474 e.